The van der Waals surface area contributed by atoms with Crippen molar-refractivity contribution in [3.8, 4) is 0 Å². The number of methoxy groups -OCH3 is 2. The number of rotatable bonds is 22. The second-order valence-electron chi connectivity index (χ2n) is 13.1. The number of amides is 3. The van der Waals surface area contributed by atoms with E-state index in [0.29, 0.717) is 39.4 Å². The van der Waals surface area contributed by atoms with E-state index in [9.17, 15) is 14.4 Å². The van der Waals surface area contributed by atoms with Crippen LogP contribution in [0, 0.1) is 5.92 Å². The minimum atomic E-state index is -0.468. The number of ether oxygens (including phenoxy) is 5. The van der Waals surface area contributed by atoms with Crippen LogP contribution >= 0.6 is 0 Å². The van der Waals surface area contributed by atoms with Gasteiger partial charge >= 0.3 is 0 Å². The molecule has 0 fully saturated rings. The van der Waals surface area contributed by atoms with Gasteiger partial charge in [0.05, 0.1) is 42.2 Å². The Labute approximate surface area is 247 Å². The van der Waals surface area contributed by atoms with Gasteiger partial charge in [-0.05, 0) is 81.1 Å². The molecule has 0 saturated heterocycles. The van der Waals surface area contributed by atoms with E-state index in [-0.39, 0.29) is 47.8 Å². The van der Waals surface area contributed by atoms with Gasteiger partial charge in [-0.3, -0.25) is 19.3 Å². The Bertz CT molecular complexity index is 848. The van der Waals surface area contributed by atoms with E-state index in [1.165, 1.54) is 12.2 Å². The lowest BCUT2D eigenvalue weighted by atomic mass is 9.82. The predicted molar refractivity (Wildman–Crippen MR) is 159 cm³/mol. The summed E-state index contributed by atoms with van der Waals surface area (Å²) < 4.78 is 29.9. The van der Waals surface area contributed by atoms with Crippen LogP contribution in [0.3, 0.4) is 0 Å². The van der Waals surface area contributed by atoms with Crippen LogP contribution in [0.2, 0.25) is 0 Å². The number of imide groups is 1. The van der Waals surface area contributed by atoms with Gasteiger partial charge in [0.25, 0.3) is 11.8 Å². The van der Waals surface area contributed by atoms with E-state index in [4.69, 9.17) is 23.7 Å². The van der Waals surface area contributed by atoms with Crippen LogP contribution in [0.1, 0.15) is 87.5 Å². The maximum atomic E-state index is 12.1. The van der Waals surface area contributed by atoms with Gasteiger partial charge < -0.3 is 29.0 Å². The van der Waals surface area contributed by atoms with Crippen molar-refractivity contribution in [2.75, 3.05) is 53.7 Å². The van der Waals surface area contributed by atoms with Crippen molar-refractivity contribution in [1.82, 2.24) is 10.2 Å². The highest BCUT2D eigenvalue weighted by molar-refractivity contribution is 6.13. The molecule has 238 valence electrons. The minimum Gasteiger partial charge on any atom is -0.381 e. The van der Waals surface area contributed by atoms with Crippen LogP contribution in [-0.2, 0) is 38.1 Å². The highest BCUT2D eigenvalue weighted by Gasteiger charge is 2.36. The van der Waals surface area contributed by atoms with Gasteiger partial charge in [-0.1, -0.05) is 0 Å². The molecule has 0 saturated carbocycles. The molecular formula is C31H56N2O8. The molecule has 10 nitrogen and oxygen atoms in total. The number of hydrogen-bond acceptors (Lipinski definition) is 8. The Kier molecular flexibility index (Phi) is 15.1. The molecule has 1 atom stereocenters. The second kappa shape index (κ2) is 16.7. The Hall–Kier alpha value is -1.85. The topological polar surface area (TPSA) is 113 Å². The van der Waals surface area contributed by atoms with Crippen LogP contribution in [-0.4, -0.2) is 98.8 Å². The maximum Gasteiger partial charge on any atom is 0.253 e. The summed E-state index contributed by atoms with van der Waals surface area (Å²) in [6, 6.07) is 0. The van der Waals surface area contributed by atoms with E-state index >= 15 is 0 Å². The fourth-order valence-electron chi connectivity index (χ4n) is 4.19. The van der Waals surface area contributed by atoms with Crippen molar-refractivity contribution >= 4 is 17.7 Å². The summed E-state index contributed by atoms with van der Waals surface area (Å²) >= 11 is 0. The van der Waals surface area contributed by atoms with Crippen LogP contribution in [0.4, 0.5) is 0 Å². The van der Waals surface area contributed by atoms with Gasteiger partial charge in [-0.25, -0.2) is 0 Å². The zero-order chi connectivity index (χ0) is 31.3. The minimum absolute atomic E-state index is 0.0531. The molecule has 1 aliphatic rings. The van der Waals surface area contributed by atoms with E-state index in [1.54, 1.807) is 14.2 Å². The summed E-state index contributed by atoms with van der Waals surface area (Å²) in [5.41, 5.74) is -1.38. The lowest BCUT2D eigenvalue weighted by Gasteiger charge is -2.40. The first-order chi connectivity index (χ1) is 18.9. The van der Waals surface area contributed by atoms with Gasteiger partial charge in [0.2, 0.25) is 5.91 Å². The van der Waals surface area contributed by atoms with Crippen LogP contribution in [0.15, 0.2) is 12.2 Å². The number of nitrogens with zero attached hydrogens (tertiary/aromatic N) is 1. The zero-order valence-corrected chi connectivity index (χ0v) is 27.2. The van der Waals surface area contributed by atoms with Crippen molar-refractivity contribution in [1.29, 1.82) is 0 Å². The molecule has 0 radical (unpaired) electrons. The first kappa shape index (κ1) is 37.2. The highest BCUT2D eigenvalue weighted by atomic mass is 16.5. The maximum absolute atomic E-state index is 12.1. The fraction of sp³-hybridized carbons (Fsp3) is 0.839. The first-order valence-corrected chi connectivity index (χ1v) is 14.7. The van der Waals surface area contributed by atoms with E-state index in [0.717, 1.165) is 24.2 Å². The quantitative estimate of drug-likeness (QED) is 0.150. The summed E-state index contributed by atoms with van der Waals surface area (Å²) in [5, 5.41) is 2.83. The molecule has 10 heteroatoms. The lowest BCUT2D eigenvalue weighted by Crippen LogP contribution is -2.43. The molecule has 41 heavy (non-hydrogen) atoms. The fourth-order valence-corrected chi connectivity index (χ4v) is 4.19. The molecule has 1 heterocycles. The van der Waals surface area contributed by atoms with E-state index < -0.39 is 11.2 Å². The van der Waals surface area contributed by atoms with Crippen molar-refractivity contribution < 1.29 is 38.1 Å². The van der Waals surface area contributed by atoms with Crippen molar-refractivity contribution in [3.05, 3.63) is 12.2 Å². The molecule has 3 amide bonds. The first-order valence-electron chi connectivity index (χ1n) is 14.7. The number of nitrogens with one attached hydrogen (secondary N) is 1. The Morgan fingerprint density at radius 3 is 1.90 bits per heavy atom. The Morgan fingerprint density at radius 2 is 1.37 bits per heavy atom. The van der Waals surface area contributed by atoms with Crippen molar-refractivity contribution in [2.24, 2.45) is 5.92 Å². The third-order valence-electron chi connectivity index (χ3n) is 7.77. The molecule has 0 aromatic heterocycles. The molecule has 0 aromatic carbocycles. The SMILES string of the molecule is COC(C)(C)CCOC(C)(C)CC(COCCCNC(=O)CCN1C(=O)C=CC1=O)C(C)(C)OCCC(C)(C)OC. The molecule has 1 unspecified atom stereocenters. The molecule has 0 aliphatic carbocycles. The molecule has 1 aliphatic heterocycles. The average Bonchev–Trinajstić information content (AvgIpc) is 3.20. The molecule has 1 N–H and O–H groups in total. The zero-order valence-electron chi connectivity index (χ0n) is 27.2. The highest BCUT2D eigenvalue weighted by Crippen LogP contribution is 2.32. The molecule has 1 rings (SSSR count). The van der Waals surface area contributed by atoms with Crippen LogP contribution < -0.4 is 5.32 Å². The van der Waals surface area contributed by atoms with Gasteiger partial charge in [0, 0.05) is 58.4 Å². The van der Waals surface area contributed by atoms with Gasteiger partial charge in [0.15, 0.2) is 0 Å². The second-order valence-corrected chi connectivity index (χ2v) is 13.1. The summed E-state index contributed by atoms with van der Waals surface area (Å²) in [4.78, 5) is 36.4. The van der Waals surface area contributed by atoms with Crippen LogP contribution in [0.25, 0.3) is 0 Å². The van der Waals surface area contributed by atoms with E-state index in [1.807, 2.05) is 27.7 Å². The number of carbonyl (C=O) groups excluding carboxylic acids is 3. The third-order valence-corrected chi connectivity index (χ3v) is 7.77. The lowest BCUT2D eigenvalue weighted by molar-refractivity contribution is -0.137. The number of hydrogen-bond donors (Lipinski definition) is 1. The summed E-state index contributed by atoms with van der Waals surface area (Å²) in [6.45, 7) is 19.2. The predicted octanol–water partition coefficient (Wildman–Crippen LogP) is 4.05. The van der Waals surface area contributed by atoms with Crippen molar-refractivity contribution in [3.63, 3.8) is 0 Å². The third kappa shape index (κ3) is 14.7. The molecule has 0 aromatic rings. The Morgan fingerprint density at radius 1 is 0.829 bits per heavy atom. The van der Waals surface area contributed by atoms with Gasteiger partial charge in [-0.2, -0.15) is 0 Å². The van der Waals surface area contributed by atoms with Crippen LogP contribution in [0.5, 0.6) is 0 Å². The molecule has 0 spiro atoms. The molecular weight excluding hydrogens is 528 g/mol. The smallest absolute Gasteiger partial charge is 0.253 e. The monoisotopic (exact) mass is 584 g/mol. The largest absolute Gasteiger partial charge is 0.381 e. The number of carbonyl (C=O) groups is 3. The Balaban J connectivity index is 2.59. The standard InChI is InChI=1S/C31H56N2O8/c1-28(2,37-9)15-20-40-30(5,6)22-24(31(7,8)41-21-16-29(3,4)38-10)23-39-19-11-17-32-25(34)14-18-33-26(35)12-13-27(33)36/h12-13,24H,11,14-23H2,1-10H3,(H,32,34). The van der Waals surface area contributed by atoms with Gasteiger partial charge in [-0.15, -0.1) is 0 Å². The van der Waals surface area contributed by atoms with E-state index in [2.05, 4.69) is 33.0 Å². The normalized spacial score (nSPS) is 15.6. The van der Waals surface area contributed by atoms with Gasteiger partial charge in [0.1, 0.15) is 0 Å². The molecule has 0 bridgehead atoms. The van der Waals surface area contributed by atoms with Crippen molar-refractivity contribution in [2.45, 2.75) is 110 Å². The summed E-state index contributed by atoms with van der Waals surface area (Å²) in [5.74, 6) is -0.920. The summed E-state index contributed by atoms with van der Waals surface area (Å²) in [6.07, 6.45) is 5.43. The summed E-state index contributed by atoms with van der Waals surface area (Å²) in [7, 11) is 3.42. The average molecular weight is 585 g/mol.